The van der Waals surface area contributed by atoms with E-state index in [4.69, 9.17) is 23.7 Å². The number of aliphatic carboxylic acids is 1. The van der Waals surface area contributed by atoms with Gasteiger partial charge < -0.3 is 39.0 Å². The number of carbonyl (C=O) groups excluding carboxylic acids is 3. The quantitative estimate of drug-likeness (QED) is 0.0228. The summed E-state index contributed by atoms with van der Waals surface area (Å²) in [5.41, 5.74) is 0. The fourth-order valence-electron chi connectivity index (χ4n) is 9.80. The monoisotopic (exact) mass is 1160 g/mol. The lowest BCUT2D eigenvalue weighted by Gasteiger charge is -2.40. The van der Waals surface area contributed by atoms with E-state index in [1.165, 1.54) is 122 Å². The fraction of sp³-hybridized carbons (Fsp3) is 0.746. The molecule has 1 saturated heterocycles. The molecule has 0 aromatic rings. The molecular formula is C71H120O12. The van der Waals surface area contributed by atoms with E-state index >= 15 is 0 Å². The van der Waals surface area contributed by atoms with Gasteiger partial charge in [0.15, 0.2) is 24.6 Å². The lowest BCUT2D eigenvalue weighted by atomic mass is 9.98. The van der Waals surface area contributed by atoms with E-state index in [1.807, 2.05) is 0 Å². The van der Waals surface area contributed by atoms with Gasteiger partial charge in [0.2, 0.25) is 0 Å². The van der Waals surface area contributed by atoms with E-state index in [-0.39, 0.29) is 25.9 Å². The van der Waals surface area contributed by atoms with Crippen LogP contribution in [0, 0.1) is 0 Å². The van der Waals surface area contributed by atoms with E-state index in [2.05, 4.69) is 106 Å². The summed E-state index contributed by atoms with van der Waals surface area (Å²) < 4.78 is 28.5. The van der Waals surface area contributed by atoms with Gasteiger partial charge in [-0.2, -0.15) is 0 Å². The molecule has 476 valence electrons. The molecule has 0 aliphatic carbocycles. The molecule has 83 heavy (non-hydrogen) atoms. The van der Waals surface area contributed by atoms with E-state index in [1.54, 1.807) is 0 Å². The number of allylic oxidation sites excluding steroid dienone is 14. The average molecular weight is 1170 g/mol. The molecule has 6 atom stereocenters. The number of esters is 3. The number of aliphatic hydroxyl groups is 2. The Bertz CT molecular complexity index is 1760. The number of hydrogen-bond acceptors (Lipinski definition) is 11. The van der Waals surface area contributed by atoms with Crippen LogP contribution in [0.2, 0.25) is 0 Å². The molecule has 0 saturated carbocycles. The Hall–Kier alpha value is -4.10. The molecule has 0 amide bonds. The molecule has 1 heterocycles. The molecular weight excluding hydrogens is 1040 g/mol. The second-order valence-corrected chi connectivity index (χ2v) is 22.7. The molecule has 1 fully saturated rings. The Morgan fingerprint density at radius 1 is 0.410 bits per heavy atom. The van der Waals surface area contributed by atoms with Gasteiger partial charge >= 0.3 is 23.9 Å². The van der Waals surface area contributed by atoms with Crippen LogP contribution in [0.4, 0.5) is 0 Å². The summed E-state index contributed by atoms with van der Waals surface area (Å²) >= 11 is 0. The number of carboxylic acid groups (broad SMARTS) is 1. The summed E-state index contributed by atoms with van der Waals surface area (Å²) in [4.78, 5) is 51.4. The van der Waals surface area contributed by atoms with Gasteiger partial charge in [-0.3, -0.25) is 14.4 Å². The lowest BCUT2D eigenvalue weighted by Crippen LogP contribution is -2.61. The van der Waals surface area contributed by atoms with Crippen LogP contribution in [0.5, 0.6) is 0 Å². The lowest BCUT2D eigenvalue weighted by molar-refractivity contribution is -0.301. The maximum atomic E-state index is 13.2. The van der Waals surface area contributed by atoms with Crippen molar-refractivity contribution in [2.24, 2.45) is 0 Å². The standard InChI is InChI=1S/C71H120O12/c1-4-7-10-13-16-19-22-25-28-31-32-35-38-41-44-47-50-53-56-59-65(74)82-69-67(76)66(75)68(70(77)78)83-71(69)80-61-62(81-64(73)58-55-52-49-46-43-40-37-34-30-27-24-21-18-15-12-9-6-3)60-79-63(72)57-54-51-48-45-42-39-36-33-29-26-23-20-17-14-11-8-5-2/h7,10,16,19,25-30,32,35,41,44,62,66-69,71,75-76H,4-6,8-9,11-15,17-18,20-24,31,33-34,36-40,42-43,45-61H2,1-3H3,(H,77,78)/b10-7-,19-16-,28-25-,29-26-,30-27-,35-32-,44-41-. The normalized spacial score (nSPS) is 18.1. The third kappa shape index (κ3) is 47.8. The number of unbranched alkanes of at least 4 members (excludes halogenated alkanes) is 29. The predicted molar refractivity (Wildman–Crippen MR) is 340 cm³/mol. The minimum Gasteiger partial charge on any atom is -0.479 e. The summed E-state index contributed by atoms with van der Waals surface area (Å²) in [6.45, 7) is 5.89. The van der Waals surface area contributed by atoms with Crippen molar-refractivity contribution in [2.75, 3.05) is 13.2 Å². The second kappa shape index (κ2) is 58.3. The van der Waals surface area contributed by atoms with Crippen LogP contribution in [0.25, 0.3) is 0 Å². The van der Waals surface area contributed by atoms with Gasteiger partial charge in [-0.05, 0) is 116 Å². The number of aliphatic hydroxyl groups excluding tert-OH is 2. The summed E-state index contributed by atoms with van der Waals surface area (Å²) in [7, 11) is 0. The Kier molecular flexibility index (Phi) is 54.0. The van der Waals surface area contributed by atoms with Crippen molar-refractivity contribution in [1.82, 2.24) is 0 Å². The van der Waals surface area contributed by atoms with Crippen LogP contribution < -0.4 is 0 Å². The second-order valence-electron chi connectivity index (χ2n) is 22.7. The summed E-state index contributed by atoms with van der Waals surface area (Å²) in [6, 6.07) is 0. The molecule has 0 radical (unpaired) electrons. The average Bonchev–Trinajstić information content (AvgIpc) is 3.55. The minimum atomic E-state index is -1.92. The number of hydrogen-bond donors (Lipinski definition) is 3. The third-order valence-electron chi connectivity index (χ3n) is 14.9. The van der Waals surface area contributed by atoms with Crippen molar-refractivity contribution in [2.45, 2.75) is 327 Å². The number of rotatable bonds is 57. The zero-order chi connectivity index (χ0) is 60.3. The SMILES string of the molecule is CC/C=C\C/C=C\C/C=C\C/C=C\C/C=C\CCCCCC(=O)OC1C(OCC(COC(=O)CCCCCCCCC/C=C\CCCCCCCC)OC(=O)CCCCCCCCC/C=C\CCCCCCCC)OC(C(=O)O)C(O)C1O. The van der Waals surface area contributed by atoms with Gasteiger partial charge in [-0.25, -0.2) is 4.79 Å². The molecule has 1 aliphatic heterocycles. The zero-order valence-corrected chi connectivity index (χ0v) is 52.7. The molecule has 0 bridgehead atoms. The molecule has 6 unspecified atom stereocenters. The van der Waals surface area contributed by atoms with Crippen LogP contribution in [0.3, 0.4) is 0 Å². The zero-order valence-electron chi connectivity index (χ0n) is 52.7. The van der Waals surface area contributed by atoms with Gasteiger partial charge in [0.1, 0.15) is 18.8 Å². The molecule has 0 aromatic carbocycles. The number of carboxylic acids is 1. The van der Waals surface area contributed by atoms with E-state index < -0.39 is 67.3 Å². The van der Waals surface area contributed by atoms with Crippen LogP contribution in [0.15, 0.2) is 85.1 Å². The van der Waals surface area contributed by atoms with Crippen LogP contribution in [0.1, 0.15) is 290 Å². The molecule has 12 heteroatoms. The smallest absolute Gasteiger partial charge is 0.335 e. The Labute approximate surface area is 505 Å². The van der Waals surface area contributed by atoms with Crippen molar-refractivity contribution in [3.63, 3.8) is 0 Å². The first-order valence-corrected chi connectivity index (χ1v) is 33.6. The highest BCUT2D eigenvalue weighted by Gasteiger charge is 2.50. The minimum absolute atomic E-state index is 0.0184. The van der Waals surface area contributed by atoms with Crippen molar-refractivity contribution in [3.05, 3.63) is 85.1 Å². The van der Waals surface area contributed by atoms with Crippen molar-refractivity contribution in [1.29, 1.82) is 0 Å². The van der Waals surface area contributed by atoms with Crippen molar-refractivity contribution >= 4 is 23.9 Å². The third-order valence-corrected chi connectivity index (χ3v) is 14.9. The molecule has 3 N–H and O–H groups in total. The topological polar surface area (TPSA) is 175 Å². The van der Waals surface area contributed by atoms with Gasteiger partial charge in [-0.1, -0.05) is 241 Å². The van der Waals surface area contributed by atoms with Crippen LogP contribution in [-0.2, 0) is 42.9 Å². The number of ether oxygens (including phenoxy) is 5. The fourth-order valence-corrected chi connectivity index (χ4v) is 9.80. The van der Waals surface area contributed by atoms with E-state index in [0.29, 0.717) is 19.3 Å². The molecule has 0 aromatic heterocycles. The van der Waals surface area contributed by atoms with E-state index in [0.717, 1.165) is 109 Å². The van der Waals surface area contributed by atoms with E-state index in [9.17, 15) is 34.5 Å². The summed E-state index contributed by atoms with van der Waals surface area (Å²) in [6.07, 6.45) is 63.9. The maximum Gasteiger partial charge on any atom is 0.335 e. The molecule has 1 aliphatic rings. The van der Waals surface area contributed by atoms with Gasteiger partial charge in [-0.15, -0.1) is 0 Å². The van der Waals surface area contributed by atoms with Crippen molar-refractivity contribution in [3.8, 4) is 0 Å². The first kappa shape index (κ1) is 76.9. The molecule has 0 spiro atoms. The Balaban J connectivity index is 2.68. The number of carbonyl (C=O) groups is 4. The van der Waals surface area contributed by atoms with Crippen molar-refractivity contribution < 1.29 is 58.2 Å². The highest BCUT2D eigenvalue weighted by atomic mass is 16.7. The summed E-state index contributed by atoms with van der Waals surface area (Å²) in [5, 5.41) is 31.6. The Morgan fingerprint density at radius 3 is 1.18 bits per heavy atom. The maximum absolute atomic E-state index is 13.2. The van der Waals surface area contributed by atoms with Crippen LogP contribution >= 0.6 is 0 Å². The Morgan fingerprint density at radius 2 is 0.759 bits per heavy atom. The highest BCUT2D eigenvalue weighted by molar-refractivity contribution is 5.74. The first-order chi connectivity index (χ1) is 40.6. The first-order valence-electron chi connectivity index (χ1n) is 33.6. The van der Waals surface area contributed by atoms with Gasteiger partial charge in [0.05, 0.1) is 6.61 Å². The predicted octanol–water partition coefficient (Wildman–Crippen LogP) is 18.2. The highest BCUT2D eigenvalue weighted by Crippen LogP contribution is 2.27. The van der Waals surface area contributed by atoms with Gasteiger partial charge in [0.25, 0.3) is 0 Å². The largest absolute Gasteiger partial charge is 0.479 e. The molecule has 12 nitrogen and oxygen atoms in total. The summed E-state index contributed by atoms with van der Waals surface area (Å²) in [5.74, 6) is -3.16. The van der Waals surface area contributed by atoms with Gasteiger partial charge in [0, 0.05) is 19.3 Å². The van der Waals surface area contributed by atoms with Crippen LogP contribution in [-0.4, -0.2) is 89.2 Å². The molecule has 1 rings (SSSR count).